The molecule has 1 aromatic carbocycles. The molecule has 0 unspecified atom stereocenters. The molecular weight excluding hydrogens is 184 g/mol. The SMILES string of the molecule is O=C(O)C(=O)/C=C/c1cccc(O)c1. The number of ketones is 1. The number of phenols is 1. The summed E-state index contributed by atoms with van der Waals surface area (Å²) in [5, 5.41) is 17.3. The van der Waals surface area contributed by atoms with Crippen LogP contribution in [0.2, 0.25) is 0 Å². The Morgan fingerprint density at radius 3 is 2.57 bits per heavy atom. The molecule has 0 aromatic heterocycles. The largest absolute Gasteiger partial charge is 0.508 e. The number of aliphatic carboxylic acids is 1. The lowest BCUT2D eigenvalue weighted by Gasteiger charge is -1.93. The average Bonchev–Trinajstić information content (AvgIpc) is 2.14. The van der Waals surface area contributed by atoms with Gasteiger partial charge in [0.25, 0.3) is 5.78 Å². The van der Waals surface area contributed by atoms with Gasteiger partial charge in [-0.05, 0) is 23.8 Å². The summed E-state index contributed by atoms with van der Waals surface area (Å²) in [7, 11) is 0. The maximum Gasteiger partial charge on any atom is 0.376 e. The first kappa shape index (κ1) is 9.98. The Labute approximate surface area is 80.1 Å². The zero-order valence-corrected chi connectivity index (χ0v) is 7.18. The van der Waals surface area contributed by atoms with Crippen molar-refractivity contribution in [2.75, 3.05) is 0 Å². The number of benzene rings is 1. The molecule has 1 aromatic rings. The normalized spacial score (nSPS) is 10.3. The molecule has 4 nitrogen and oxygen atoms in total. The minimum absolute atomic E-state index is 0.0647. The van der Waals surface area contributed by atoms with E-state index in [0.29, 0.717) is 5.56 Å². The molecule has 0 radical (unpaired) electrons. The Bertz CT molecular complexity index is 393. The van der Waals surface area contributed by atoms with Crippen molar-refractivity contribution >= 4 is 17.8 Å². The van der Waals surface area contributed by atoms with Gasteiger partial charge in [0, 0.05) is 0 Å². The quantitative estimate of drug-likeness (QED) is 0.554. The first-order valence-electron chi connectivity index (χ1n) is 3.84. The first-order valence-corrected chi connectivity index (χ1v) is 3.84. The lowest BCUT2D eigenvalue weighted by molar-refractivity contribution is -0.146. The van der Waals surface area contributed by atoms with Crippen molar-refractivity contribution in [3.8, 4) is 5.75 Å². The van der Waals surface area contributed by atoms with Gasteiger partial charge in [-0.3, -0.25) is 4.79 Å². The number of carboxylic acids is 1. The molecule has 0 saturated heterocycles. The molecule has 1 rings (SSSR count). The number of hydrogen-bond donors (Lipinski definition) is 2. The van der Waals surface area contributed by atoms with Gasteiger partial charge in [-0.15, -0.1) is 0 Å². The number of hydrogen-bond acceptors (Lipinski definition) is 3. The summed E-state index contributed by atoms with van der Waals surface area (Å²) < 4.78 is 0. The summed E-state index contributed by atoms with van der Waals surface area (Å²) in [4.78, 5) is 20.8. The molecule has 0 aliphatic carbocycles. The van der Waals surface area contributed by atoms with Crippen molar-refractivity contribution < 1.29 is 19.8 Å². The number of aromatic hydroxyl groups is 1. The molecule has 4 heteroatoms. The predicted octanol–water partition coefficient (Wildman–Crippen LogP) is 1.06. The molecule has 0 heterocycles. The Morgan fingerprint density at radius 1 is 1.29 bits per heavy atom. The van der Waals surface area contributed by atoms with Crippen LogP contribution in [0.1, 0.15) is 5.56 Å². The van der Waals surface area contributed by atoms with Crippen molar-refractivity contribution in [3.63, 3.8) is 0 Å². The van der Waals surface area contributed by atoms with E-state index < -0.39 is 11.8 Å². The van der Waals surface area contributed by atoms with E-state index >= 15 is 0 Å². The highest BCUT2D eigenvalue weighted by Gasteiger charge is 2.05. The van der Waals surface area contributed by atoms with Gasteiger partial charge >= 0.3 is 5.97 Å². The fourth-order valence-electron chi connectivity index (χ4n) is 0.872. The van der Waals surface area contributed by atoms with Crippen LogP contribution in [0.3, 0.4) is 0 Å². The molecule has 0 spiro atoms. The second-order valence-electron chi connectivity index (χ2n) is 2.60. The summed E-state index contributed by atoms with van der Waals surface area (Å²) in [5.74, 6) is -2.43. The van der Waals surface area contributed by atoms with Crippen LogP contribution in [0.25, 0.3) is 6.08 Å². The van der Waals surface area contributed by atoms with Gasteiger partial charge in [0.05, 0.1) is 0 Å². The summed E-state index contributed by atoms with van der Waals surface area (Å²) in [6, 6.07) is 6.15. The second-order valence-corrected chi connectivity index (χ2v) is 2.60. The van der Waals surface area contributed by atoms with Crippen molar-refractivity contribution in [2.24, 2.45) is 0 Å². The van der Waals surface area contributed by atoms with Crippen LogP contribution < -0.4 is 0 Å². The van der Waals surface area contributed by atoms with E-state index in [-0.39, 0.29) is 5.75 Å². The summed E-state index contributed by atoms with van der Waals surface area (Å²) in [6.07, 6.45) is 2.27. The van der Waals surface area contributed by atoms with E-state index in [0.717, 1.165) is 6.08 Å². The van der Waals surface area contributed by atoms with Crippen molar-refractivity contribution in [2.45, 2.75) is 0 Å². The van der Waals surface area contributed by atoms with Crippen molar-refractivity contribution in [1.29, 1.82) is 0 Å². The van der Waals surface area contributed by atoms with E-state index in [1.54, 1.807) is 12.1 Å². The van der Waals surface area contributed by atoms with E-state index in [1.165, 1.54) is 18.2 Å². The zero-order valence-electron chi connectivity index (χ0n) is 7.18. The molecule has 14 heavy (non-hydrogen) atoms. The zero-order chi connectivity index (χ0) is 10.6. The minimum atomic E-state index is -1.50. The molecular formula is C10H8O4. The Morgan fingerprint density at radius 2 is 2.00 bits per heavy atom. The molecule has 0 amide bonds. The van der Waals surface area contributed by atoms with Gasteiger partial charge in [-0.2, -0.15) is 0 Å². The highest BCUT2D eigenvalue weighted by Crippen LogP contribution is 2.11. The van der Waals surface area contributed by atoms with Gasteiger partial charge in [-0.25, -0.2) is 4.79 Å². The van der Waals surface area contributed by atoms with Crippen LogP contribution in [0, 0.1) is 0 Å². The van der Waals surface area contributed by atoms with Crippen LogP contribution in [0.15, 0.2) is 30.3 Å². The van der Waals surface area contributed by atoms with Crippen molar-refractivity contribution in [3.05, 3.63) is 35.9 Å². The fourth-order valence-corrected chi connectivity index (χ4v) is 0.872. The lowest BCUT2D eigenvalue weighted by atomic mass is 10.2. The third kappa shape index (κ3) is 2.75. The molecule has 0 fully saturated rings. The summed E-state index contributed by atoms with van der Waals surface area (Å²) in [6.45, 7) is 0. The van der Waals surface area contributed by atoms with Gasteiger partial charge < -0.3 is 10.2 Å². The minimum Gasteiger partial charge on any atom is -0.508 e. The topological polar surface area (TPSA) is 74.6 Å². The standard InChI is InChI=1S/C10H8O4/c11-8-3-1-2-7(6-8)4-5-9(12)10(13)14/h1-6,11H,(H,13,14)/b5-4+. The maximum absolute atomic E-state index is 10.7. The molecule has 0 bridgehead atoms. The number of phenolic OH excluding ortho intramolecular Hbond substituents is 1. The van der Waals surface area contributed by atoms with Crippen LogP contribution in [-0.2, 0) is 9.59 Å². The third-order valence-corrected chi connectivity index (χ3v) is 1.51. The molecule has 2 N–H and O–H groups in total. The van der Waals surface area contributed by atoms with Gasteiger partial charge in [-0.1, -0.05) is 18.2 Å². The average molecular weight is 192 g/mol. The van der Waals surface area contributed by atoms with E-state index in [9.17, 15) is 9.59 Å². The fraction of sp³-hybridized carbons (Fsp3) is 0. The molecule has 72 valence electrons. The monoisotopic (exact) mass is 192 g/mol. The number of rotatable bonds is 3. The van der Waals surface area contributed by atoms with E-state index in [1.807, 2.05) is 0 Å². The van der Waals surface area contributed by atoms with Crippen LogP contribution in [-0.4, -0.2) is 22.0 Å². The van der Waals surface area contributed by atoms with Gasteiger partial charge in [0.1, 0.15) is 5.75 Å². The molecule has 0 atom stereocenters. The molecule has 0 aliphatic rings. The van der Waals surface area contributed by atoms with E-state index in [4.69, 9.17) is 10.2 Å². The maximum atomic E-state index is 10.7. The Hall–Kier alpha value is -2.10. The number of carboxylic acid groups (broad SMARTS) is 1. The highest BCUT2D eigenvalue weighted by molar-refractivity contribution is 6.38. The smallest absolute Gasteiger partial charge is 0.376 e. The molecule has 0 aliphatic heterocycles. The number of carbonyl (C=O) groups excluding carboxylic acids is 1. The van der Waals surface area contributed by atoms with Crippen LogP contribution >= 0.6 is 0 Å². The Kier molecular flexibility index (Phi) is 3.01. The number of carbonyl (C=O) groups is 2. The van der Waals surface area contributed by atoms with E-state index in [2.05, 4.69) is 0 Å². The third-order valence-electron chi connectivity index (χ3n) is 1.51. The van der Waals surface area contributed by atoms with Crippen LogP contribution in [0.4, 0.5) is 0 Å². The van der Waals surface area contributed by atoms with Gasteiger partial charge in [0.2, 0.25) is 0 Å². The first-order chi connectivity index (χ1) is 6.59. The second kappa shape index (κ2) is 4.23. The van der Waals surface area contributed by atoms with Gasteiger partial charge in [0.15, 0.2) is 0 Å². The molecule has 0 saturated carbocycles. The lowest BCUT2D eigenvalue weighted by Crippen LogP contribution is -2.08. The summed E-state index contributed by atoms with van der Waals surface area (Å²) >= 11 is 0. The predicted molar refractivity (Wildman–Crippen MR) is 49.8 cm³/mol. The highest BCUT2D eigenvalue weighted by atomic mass is 16.4. The summed E-state index contributed by atoms with van der Waals surface area (Å²) in [5.41, 5.74) is 0.569. The van der Waals surface area contributed by atoms with Crippen LogP contribution in [0.5, 0.6) is 5.75 Å². The van der Waals surface area contributed by atoms with Crippen molar-refractivity contribution in [1.82, 2.24) is 0 Å². The Balaban J connectivity index is 2.79.